The Bertz CT molecular complexity index is 558. The highest BCUT2D eigenvalue weighted by Crippen LogP contribution is 2.37. The summed E-state index contributed by atoms with van der Waals surface area (Å²) in [6.45, 7) is 2.19. The minimum absolute atomic E-state index is 0.00311. The van der Waals surface area contributed by atoms with E-state index in [1.807, 2.05) is 6.92 Å². The van der Waals surface area contributed by atoms with Gasteiger partial charge in [0.15, 0.2) is 0 Å². The molecule has 0 spiro atoms. The molecule has 19 heavy (non-hydrogen) atoms. The molecule has 0 radical (unpaired) electrons. The van der Waals surface area contributed by atoms with Gasteiger partial charge in [0.05, 0.1) is 4.34 Å². The van der Waals surface area contributed by atoms with Crippen molar-refractivity contribution in [3.63, 3.8) is 0 Å². The van der Waals surface area contributed by atoms with E-state index in [1.54, 1.807) is 0 Å². The highest BCUT2D eigenvalue weighted by Gasteiger charge is 2.36. The van der Waals surface area contributed by atoms with Gasteiger partial charge in [-0.2, -0.15) is 4.31 Å². The summed E-state index contributed by atoms with van der Waals surface area (Å²) < 4.78 is 27.2. The zero-order valence-electron chi connectivity index (χ0n) is 10.3. The van der Waals surface area contributed by atoms with Crippen molar-refractivity contribution >= 4 is 44.6 Å². The van der Waals surface area contributed by atoms with Gasteiger partial charge >= 0.3 is 0 Å². The van der Waals surface area contributed by atoms with Crippen LogP contribution in [0.4, 0.5) is 0 Å². The molecule has 2 unspecified atom stereocenters. The van der Waals surface area contributed by atoms with Crippen LogP contribution in [0.1, 0.15) is 19.8 Å². The molecule has 0 saturated carbocycles. The lowest BCUT2D eigenvalue weighted by molar-refractivity contribution is 0.139. The van der Waals surface area contributed by atoms with Gasteiger partial charge in [0.25, 0.3) is 0 Å². The van der Waals surface area contributed by atoms with Crippen LogP contribution in [0.15, 0.2) is 11.0 Å². The van der Waals surface area contributed by atoms with Crippen molar-refractivity contribution in [3.05, 3.63) is 14.7 Å². The van der Waals surface area contributed by atoms with E-state index in [1.165, 1.54) is 10.4 Å². The summed E-state index contributed by atoms with van der Waals surface area (Å²) in [4.78, 5) is 0.0645. The number of hydrogen-bond donors (Lipinski definition) is 1. The Kier molecular flexibility index (Phi) is 4.80. The van der Waals surface area contributed by atoms with Crippen LogP contribution in [0.2, 0.25) is 8.67 Å². The number of thiophene rings is 1. The smallest absolute Gasteiger partial charge is 0.245 e. The molecule has 1 aliphatic rings. The average Bonchev–Trinajstić information content (AvgIpc) is 2.69. The maximum absolute atomic E-state index is 12.6. The van der Waals surface area contributed by atoms with Crippen LogP contribution in [-0.4, -0.2) is 37.0 Å². The van der Waals surface area contributed by atoms with Crippen LogP contribution >= 0.6 is 34.5 Å². The second kappa shape index (κ2) is 5.87. The van der Waals surface area contributed by atoms with Gasteiger partial charge in [-0.05, 0) is 31.7 Å². The fraction of sp³-hybridized carbons (Fsp3) is 0.636. The lowest BCUT2D eigenvalue weighted by Crippen LogP contribution is -2.46. The molecule has 0 amide bonds. The van der Waals surface area contributed by atoms with Gasteiger partial charge in [-0.3, -0.25) is 0 Å². The molecule has 0 aromatic carbocycles. The van der Waals surface area contributed by atoms with Crippen LogP contribution in [0.25, 0.3) is 0 Å². The number of sulfonamides is 1. The Hall–Kier alpha value is 0.150. The van der Waals surface area contributed by atoms with E-state index in [9.17, 15) is 13.5 Å². The van der Waals surface area contributed by atoms with E-state index >= 15 is 0 Å². The second-order valence-electron chi connectivity index (χ2n) is 4.74. The third-order valence-corrected chi connectivity index (χ3v) is 7.13. The molecule has 0 aliphatic carbocycles. The zero-order valence-corrected chi connectivity index (χ0v) is 13.5. The molecule has 1 saturated heterocycles. The lowest BCUT2D eigenvalue weighted by atomic mass is 9.96. The Balaban J connectivity index is 2.35. The first-order valence-corrected chi connectivity index (χ1v) is 8.95. The number of piperidine rings is 1. The van der Waals surface area contributed by atoms with Gasteiger partial charge in [-0.1, -0.05) is 23.2 Å². The first kappa shape index (κ1) is 15.5. The average molecular weight is 344 g/mol. The summed E-state index contributed by atoms with van der Waals surface area (Å²) in [7, 11) is -3.65. The predicted octanol–water partition coefficient (Wildman–Crippen LogP) is 2.84. The Morgan fingerprint density at radius 2 is 2.16 bits per heavy atom. The molecule has 1 fully saturated rings. The molecular formula is C11H15Cl2NO3S2. The van der Waals surface area contributed by atoms with Crippen LogP contribution in [-0.2, 0) is 10.0 Å². The number of aliphatic hydroxyl groups excluding tert-OH is 1. The van der Waals surface area contributed by atoms with Crippen molar-refractivity contribution in [2.24, 2.45) is 5.92 Å². The van der Waals surface area contributed by atoms with Crippen molar-refractivity contribution in [3.8, 4) is 0 Å². The first-order valence-electron chi connectivity index (χ1n) is 5.93. The van der Waals surface area contributed by atoms with Crippen molar-refractivity contribution in [2.75, 3.05) is 13.2 Å². The Labute approximate surface area is 127 Å². The number of aliphatic hydroxyl groups is 1. The highest BCUT2D eigenvalue weighted by molar-refractivity contribution is 7.89. The largest absolute Gasteiger partial charge is 0.396 e. The zero-order chi connectivity index (χ0) is 14.2. The minimum atomic E-state index is -3.65. The number of halogens is 2. The fourth-order valence-electron chi connectivity index (χ4n) is 2.26. The summed E-state index contributed by atoms with van der Waals surface area (Å²) in [6.07, 6.45) is 1.57. The molecule has 1 aromatic rings. The van der Waals surface area contributed by atoms with Gasteiger partial charge in [0.1, 0.15) is 9.23 Å². The number of hydrogen-bond acceptors (Lipinski definition) is 4. The molecule has 8 heteroatoms. The van der Waals surface area contributed by atoms with E-state index in [2.05, 4.69) is 0 Å². The van der Waals surface area contributed by atoms with E-state index in [-0.39, 0.29) is 27.8 Å². The van der Waals surface area contributed by atoms with Crippen molar-refractivity contribution in [1.82, 2.24) is 4.31 Å². The molecule has 0 bridgehead atoms. The Morgan fingerprint density at radius 1 is 1.47 bits per heavy atom. The first-order chi connectivity index (χ1) is 8.86. The maximum Gasteiger partial charge on any atom is 0.245 e. The summed E-state index contributed by atoms with van der Waals surface area (Å²) in [5.74, 6) is -0.0149. The maximum atomic E-state index is 12.6. The van der Waals surface area contributed by atoms with Crippen molar-refractivity contribution in [1.29, 1.82) is 0 Å². The standard InChI is InChI=1S/C11H15Cl2NO3S2/c1-7-2-3-8(6-15)5-14(7)19(16,17)9-4-10(12)18-11(9)13/h4,7-8,15H,2-3,5-6H2,1H3. The monoisotopic (exact) mass is 343 g/mol. The summed E-state index contributed by atoms with van der Waals surface area (Å²) in [5.41, 5.74) is 0. The van der Waals surface area contributed by atoms with Crippen LogP contribution in [0, 0.1) is 5.92 Å². The molecule has 2 rings (SSSR count). The fourth-order valence-corrected chi connectivity index (χ4v) is 6.11. The molecule has 4 nitrogen and oxygen atoms in total. The van der Waals surface area contributed by atoms with E-state index in [0.29, 0.717) is 10.9 Å². The third kappa shape index (κ3) is 3.09. The summed E-state index contributed by atoms with van der Waals surface area (Å²) >= 11 is 12.8. The van der Waals surface area contributed by atoms with E-state index < -0.39 is 10.0 Å². The van der Waals surface area contributed by atoms with Crippen molar-refractivity contribution < 1.29 is 13.5 Å². The van der Waals surface area contributed by atoms with E-state index in [4.69, 9.17) is 23.2 Å². The van der Waals surface area contributed by atoms with Gasteiger partial charge in [0.2, 0.25) is 10.0 Å². The molecule has 1 aliphatic heterocycles. The lowest BCUT2D eigenvalue weighted by Gasteiger charge is -2.36. The summed E-state index contributed by atoms with van der Waals surface area (Å²) in [6, 6.07) is 1.29. The molecule has 1 aromatic heterocycles. The van der Waals surface area contributed by atoms with E-state index in [0.717, 1.165) is 24.2 Å². The second-order valence-corrected chi connectivity index (χ2v) is 8.88. The minimum Gasteiger partial charge on any atom is -0.396 e. The highest BCUT2D eigenvalue weighted by atomic mass is 35.5. The molecular weight excluding hydrogens is 329 g/mol. The van der Waals surface area contributed by atoms with Crippen LogP contribution < -0.4 is 0 Å². The Morgan fingerprint density at radius 3 is 2.68 bits per heavy atom. The SMILES string of the molecule is CC1CCC(CO)CN1S(=O)(=O)c1cc(Cl)sc1Cl. The van der Waals surface area contributed by atoms with Gasteiger partial charge in [-0.15, -0.1) is 11.3 Å². The number of rotatable bonds is 3. The molecule has 1 N–H and O–H groups in total. The predicted molar refractivity (Wildman–Crippen MR) is 77.5 cm³/mol. The number of nitrogens with zero attached hydrogens (tertiary/aromatic N) is 1. The van der Waals surface area contributed by atoms with Crippen LogP contribution in [0.3, 0.4) is 0 Å². The van der Waals surface area contributed by atoms with Crippen LogP contribution in [0.5, 0.6) is 0 Å². The molecule has 2 atom stereocenters. The molecule has 108 valence electrons. The molecule has 2 heterocycles. The van der Waals surface area contributed by atoms with Gasteiger partial charge in [0, 0.05) is 19.2 Å². The summed E-state index contributed by atoms with van der Waals surface area (Å²) in [5, 5.41) is 9.22. The van der Waals surface area contributed by atoms with Gasteiger partial charge in [-0.25, -0.2) is 8.42 Å². The van der Waals surface area contributed by atoms with Gasteiger partial charge < -0.3 is 5.11 Å². The third-order valence-electron chi connectivity index (χ3n) is 3.39. The quantitative estimate of drug-likeness (QED) is 0.917. The van der Waals surface area contributed by atoms with Crippen molar-refractivity contribution in [2.45, 2.75) is 30.7 Å². The topological polar surface area (TPSA) is 57.6 Å². The normalized spacial score (nSPS) is 25.7.